The average Bonchev–Trinajstić information content (AvgIpc) is 3.09. The molecule has 0 amide bonds. The Morgan fingerprint density at radius 3 is 2.54 bits per heavy atom. The molecule has 0 unspecified atom stereocenters. The SMILES string of the molecule is COCOc1ccc(-n2c(SCc3ccncc3)nc3ccc(C)cc32)cc1. The first-order valence-corrected chi connectivity index (χ1v) is 9.96. The molecule has 0 saturated heterocycles. The topological polar surface area (TPSA) is 49.2 Å². The summed E-state index contributed by atoms with van der Waals surface area (Å²) in [5, 5.41) is 0.961. The molecule has 0 fully saturated rings. The number of methoxy groups -OCH3 is 1. The van der Waals surface area contributed by atoms with E-state index < -0.39 is 0 Å². The van der Waals surface area contributed by atoms with Gasteiger partial charge in [0.15, 0.2) is 11.9 Å². The Labute approximate surface area is 168 Å². The van der Waals surface area contributed by atoms with Gasteiger partial charge in [0, 0.05) is 30.9 Å². The molecule has 0 aliphatic heterocycles. The van der Waals surface area contributed by atoms with Crippen LogP contribution in [0, 0.1) is 6.92 Å². The number of aryl methyl sites for hydroxylation is 1. The van der Waals surface area contributed by atoms with E-state index in [1.165, 1.54) is 11.1 Å². The summed E-state index contributed by atoms with van der Waals surface area (Å²) in [6.07, 6.45) is 3.64. The summed E-state index contributed by atoms with van der Waals surface area (Å²) in [5.41, 5.74) is 5.57. The lowest BCUT2D eigenvalue weighted by Gasteiger charge is -2.11. The molecule has 4 aromatic rings. The molecule has 5 nitrogen and oxygen atoms in total. The van der Waals surface area contributed by atoms with Crippen LogP contribution in [0.25, 0.3) is 16.7 Å². The highest BCUT2D eigenvalue weighted by Gasteiger charge is 2.14. The van der Waals surface area contributed by atoms with Crippen LogP contribution in [0.1, 0.15) is 11.1 Å². The van der Waals surface area contributed by atoms with Gasteiger partial charge < -0.3 is 9.47 Å². The number of hydrogen-bond donors (Lipinski definition) is 0. The van der Waals surface area contributed by atoms with Gasteiger partial charge in [-0.15, -0.1) is 0 Å². The van der Waals surface area contributed by atoms with Crippen molar-refractivity contribution in [3.63, 3.8) is 0 Å². The number of rotatable bonds is 7. The fourth-order valence-corrected chi connectivity index (χ4v) is 3.94. The Morgan fingerprint density at radius 1 is 1.00 bits per heavy atom. The normalized spacial score (nSPS) is 11.1. The molecule has 0 aliphatic carbocycles. The molecule has 142 valence electrons. The van der Waals surface area contributed by atoms with Crippen LogP contribution in [-0.4, -0.2) is 28.4 Å². The van der Waals surface area contributed by atoms with Crippen molar-refractivity contribution in [1.82, 2.24) is 14.5 Å². The Hall–Kier alpha value is -2.83. The molecule has 0 atom stereocenters. The van der Waals surface area contributed by atoms with Crippen LogP contribution in [0.5, 0.6) is 5.75 Å². The number of thioether (sulfide) groups is 1. The van der Waals surface area contributed by atoms with Crippen LogP contribution in [0.2, 0.25) is 0 Å². The van der Waals surface area contributed by atoms with Gasteiger partial charge >= 0.3 is 0 Å². The molecule has 0 bridgehead atoms. The van der Waals surface area contributed by atoms with Crippen molar-refractivity contribution in [2.24, 2.45) is 0 Å². The smallest absolute Gasteiger partial charge is 0.188 e. The second-order valence-corrected chi connectivity index (χ2v) is 7.35. The molecule has 2 aromatic carbocycles. The van der Waals surface area contributed by atoms with Gasteiger partial charge in [-0.05, 0) is 66.6 Å². The van der Waals surface area contributed by atoms with Crippen molar-refractivity contribution in [1.29, 1.82) is 0 Å². The van der Waals surface area contributed by atoms with Crippen LogP contribution in [0.15, 0.2) is 72.1 Å². The Morgan fingerprint density at radius 2 is 1.79 bits per heavy atom. The summed E-state index contributed by atoms with van der Waals surface area (Å²) >= 11 is 1.72. The van der Waals surface area contributed by atoms with Gasteiger partial charge in [0.2, 0.25) is 0 Å². The van der Waals surface area contributed by atoms with E-state index in [-0.39, 0.29) is 6.79 Å². The van der Waals surface area contributed by atoms with E-state index in [2.05, 4.69) is 34.7 Å². The third-order valence-corrected chi connectivity index (χ3v) is 5.34. The van der Waals surface area contributed by atoms with E-state index >= 15 is 0 Å². The number of benzene rings is 2. The minimum absolute atomic E-state index is 0.236. The maximum Gasteiger partial charge on any atom is 0.188 e. The van der Waals surface area contributed by atoms with Crippen LogP contribution < -0.4 is 4.74 Å². The summed E-state index contributed by atoms with van der Waals surface area (Å²) in [5.74, 6) is 1.61. The van der Waals surface area contributed by atoms with Crippen molar-refractivity contribution in [3.05, 3.63) is 78.1 Å². The fraction of sp³-hybridized carbons (Fsp3) is 0.182. The molecule has 0 radical (unpaired) electrons. The van der Waals surface area contributed by atoms with Crippen LogP contribution in [-0.2, 0) is 10.5 Å². The number of aromatic nitrogens is 3. The lowest BCUT2D eigenvalue weighted by molar-refractivity contribution is 0.0511. The quantitative estimate of drug-likeness (QED) is 0.328. The number of hydrogen-bond acceptors (Lipinski definition) is 5. The van der Waals surface area contributed by atoms with Gasteiger partial charge in [-0.2, -0.15) is 0 Å². The maximum atomic E-state index is 5.51. The maximum absolute atomic E-state index is 5.51. The first-order valence-electron chi connectivity index (χ1n) is 8.97. The highest BCUT2D eigenvalue weighted by Crippen LogP contribution is 2.31. The van der Waals surface area contributed by atoms with E-state index in [0.29, 0.717) is 0 Å². The van der Waals surface area contributed by atoms with Crippen molar-refractivity contribution in [3.8, 4) is 11.4 Å². The van der Waals surface area contributed by atoms with Gasteiger partial charge in [0.25, 0.3) is 0 Å². The summed E-state index contributed by atoms with van der Waals surface area (Å²) in [6.45, 7) is 2.34. The molecule has 0 aliphatic rings. The van der Waals surface area contributed by atoms with Crippen molar-refractivity contribution in [2.75, 3.05) is 13.9 Å². The van der Waals surface area contributed by atoms with Gasteiger partial charge in [0.1, 0.15) is 5.75 Å². The van der Waals surface area contributed by atoms with Crippen LogP contribution in [0.4, 0.5) is 0 Å². The lowest BCUT2D eigenvalue weighted by atomic mass is 10.2. The Kier molecular flexibility index (Phi) is 5.60. The highest BCUT2D eigenvalue weighted by molar-refractivity contribution is 7.98. The first-order chi connectivity index (χ1) is 13.7. The molecular formula is C22H21N3O2S. The fourth-order valence-electron chi connectivity index (χ4n) is 2.95. The van der Waals surface area contributed by atoms with Gasteiger partial charge in [-0.25, -0.2) is 4.98 Å². The molecule has 0 saturated carbocycles. The number of ether oxygens (including phenoxy) is 2. The molecule has 28 heavy (non-hydrogen) atoms. The minimum Gasteiger partial charge on any atom is -0.468 e. The molecule has 6 heteroatoms. The van der Waals surface area contributed by atoms with Gasteiger partial charge in [-0.1, -0.05) is 17.8 Å². The second-order valence-electron chi connectivity index (χ2n) is 6.41. The molecule has 0 spiro atoms. The third-order valence-electron chi connectivity index (χ3n) is 4.33. The first kappa shape index (κ1) is 18.5. The number of nitrogens with zero attached hydrogens (tertiary/aromatic N) is 3. The largest absolute Gasteiger partial charge is 0.468 e. The third kappa shape index (κ3) is 4.03. The zero-order chi connectivity index (χ0) is 19.3. The molecule has 0 N–H and O–H groups in total. The van der Waals surface area contributed by atoms with E-state index in [9.17, 15) is 0 Å². The molecular weight excluding hydrogens is 370 g/mol. The number of imidazole rings is 1. The second kappa shape index (κ2) is 8.46. The number of fused-ring (bicyclic) bond motifs is 1. The van der Waals surface area contributed by atoms with E-state index in [4.69, 9.17) is 14.5 Å². The van der Waals surface area contributed by atoms with Crippen molar-refractivity contribution < 1.29 is 9.47 Å². The Bertz CT molecular complexity index is 1060. The highest BCUT2D eigenvalue weighted by atomic mass is 32.2. The van der Waals surface area contributed by atoms with E-state index in [1.807, 2.05) is 48.8 Å². The minimum atomic E-state index is 0.236. The zero-order valence-electron chi connectivity index (χ0n) is 15.8. The van der Waals surface area contributed by atoms with E-state index in [0.717, 1.165) is 33.4 Å². The van der Waals surface area contributed by atoms with Crippen molar-refractivity contribution in [2.45, 2.75) is 17.8 Å². The summed E-state index contributed by atoms with van der Waals surface area (Å²) in [4.78, 5) is 8.96. The number of pyridine rings is 1. The summed E-state index contributed by atoms with van der Waals surface area (Å²) in [6, 6.07) is 18.4. The lowest BCUT2D eigenvalue weighted by Crippen LogP contribution is -2.00. The van der Waals surface area contributed by atoms with Crippen molar-refractivity contribution >= 4 is 22.8 Å². The predicted octanol–water partition coefficient (Wildman–Crippen LogP) is 5.00. The van der Waals surface area contributed by atoms with Crippen LogP contribution in [0.3, 0.4) is 0 Å². The summed E-state index contributed by atoms with van der Waals surface area (Å²) in [7, 11) is 1.61. The molecule has 4 rings (SSSR count). The predicted molar refractivity (Wildman–Crippen MR) is 112 cm³/mol. The Balaban J connectivity index is 1.71. The standard InChI is InChI=1S/C22H21N3O2S/c1-16-3-8-20-21(13-16)25(18-4-6-19(7-5-18)27-15-26-2)22(24-20)28-14-17-9-11-23-12-10-17/h3-13H,14-15H2,1-2H3. The molecule has 2 heterocycles. The van der Waals surface area contributed by atoms with Crippen LogP contribution >= 0.6 is 11.8 Å². The molecule has 2 aromatic heterocycles. The zero-order valence-corrected chi connectivity index (χ0v) is 16.6. The monoisotopic (exact) mass is 391 g/mol. The summed E-state index contributed by atoms with van der Waals surface area (Å²) < 4.78 is 12.7. The average molecular weight is 391 g/mol. The van der Waals surface area contributed by atoms with E-state index in [1.54, 1.807) is 18.9 Å². The van der Waals surface area contributed by atoms with Gasteiger partial charge in [-0.3, -0.25) is 9.55 Å². The van der Waals surface area contributed by atoms with Gasteiger partial charge in [0.05, 0.1) is 11.0 Å².